The molecule has 2 aromatic carbocycles. The zero-order chi connectivity index (χ0) is 19.6. The molecule has 0 aromatic heterocycles. The molecule has 0 unspecified atom stereocenters. The third-order valence-corrected chi connectivity index (χ3v) is 4.44. The average Bonchev–Trinajstić information content (AvgIpc) is 2.67. The van der Waals surface area contributed by atoms with E-state index in [-0.39, 0.29) is 17.7 Å². The highest BCUT2D eigenvalue weighted by atomic mass is 16.2. The topological polar surface area (TPSA) is 58.2 Å². The van der Waals surface area contributed by atoms with E-state index in [0.717, 1.165) is 23.2 Å². The van der Waals surface area contributed by atoms with Gasteiger partial charge >= 0.3 is 0 Å². The zero-order valence-electron chi connectivity index (χ0n) is 16.5. The first-order chi connectivity index (χ1) is 13.0. The fourth-order valence-electron chi connectivity index (χ4n) is 2.65. The number of anilines is 1. The van der Waals surface area contributed by atoms with Crippen molar-refractivity contribution >= 4 is 17.5 Å². The maximum atomic E-state index is 12.2. The van der Waals surface area contributed by atoms with E-state index in [4.69, 9.17) is 0 Å². The minimum Gasteiger partial charge on any atom is -0.352 e. The smallest absolute Gasteiger partial charge is 0.226 e. The highest BCUT2D eigenvalue weighted by Gasteiger charge is 2.07. The first kappa shape index (κ1) is 20.7. The highest BCUT2D eigenvalue weighted by Crippen LogP contribution is 2.12. The normalized spacial score (nSPS) is 10.7. The van der Waals surface area contributed by atoms with Gasteiger partial charge in [-0.2, -0.15) is 0 Å². The van der Waals surface area contributed by atoms with Gasteiger partial charge in [0.05, 0.1) is 6.42 Å². The molecule has 0 bridgehead atoms. The fraction of sp³-hybridized carbons (Fsp3) is 0.391. The number of hydrogen-bond donors (Lipinski definition) is 2. The number of carbonyl (C=O) groups is 2. The van der Waals surface area contributed by atoms with E-state index in [0.29, 0.717) is 13.0 Å². The summed E-state index contributed by atoms with van der Waals surface area (Å²) in [7, 11) is 0. The molecular formula is C23H30N2O2. The van der Waals surface area contributed by atoms with E-state index in [1.54, 1.807) is 0 Å². The van der Waals surface area contributed by atoms with Crippen LogP contribution in [-0.2, 0) is 29.0 Å². The van der Waals surface area contributed by atoms with Crippen molar-refractivity contribution in [3.05, 3.63) is 65.2 Å². The molecule has 0 saturated carbocycles. The van der Waals surface area contributed by atoms with Gasteiger partial charge in [0.1, 0.15) is 0 Å². The summed E-state index contributed by atoms with van der Waals surface area (Å²) < 4.78 is 0. The molecule has 2 rings (SSSR count). The molecule has 0 aliphatic heterocycles. The molecule has 4 heteroatoms. The quantitative estimate of drug-likeness (QED) is 0.687. The van der Waals surface area contributed by atoms with Gasteiger partial charge < -0.3 is 10.6 Å². The molecule has 2 aromatic rings. The van der Waals surface area contributed by atoms with E-state index >= 15 is 0 Å². The van der Waals surface area contributed by atoms with Crippen molar-refractivity contribution in [2.24, 2.45) is 5.92 Å². The maximum Gasteiger partial charge on any atom is 0.226 e. The second-order valence-electron chi connectivity index (χ2n) is 7.21. The molecule has 27 heavy (non-hydrogen) atoms. The summed E-state index contributed by atoms with van der Waals surface area (Å²) in [5, 5.41) is 5.81. The van der Waals surface area contributed by atoms with E-state index in [2.05, 4.69) is 29.7 Å². The predicted octanol–water partition coefficient (Wildman–Crippen LogP) is 4.48. The van der Waals surface area contributed by atoms with Crippen molar-refractivity contribution in [2.75, 3.05) is 5.32 Å². The van der Waals surface area contributed by atoms with Crippen LogP contribution in [0.3, 0.4) is 0 Å². The number of nitrogens with one attached hydrogen (secondary N) is 2. The highest BCUT2D eigenvalue weighted by molar-refractivity contribution is 5.92. The predicted molar refractivity (Wildman–Crippen MR) is 111 cm³/mol. The molecule has 2 N–H and O–H groups in total. The number of rotatable bonds is 9. The van der Waals surface area contributed by atoms with Crippen molar-refractivity contribution < 1.29 is 9.59 Å². The Morgan fingerprint density at radius 2 is 1.48 bits per heavy atom. The minimum atomic E-state index is -0.0512. The summed E-state index contributed by atoms with van der Waals surface area (Å²) in [5.41, 5.74) is 4.12. The molecule has 0 heterocycles. The molecule has 2 amide bonds. The Hall–Kier alpha value is -2.62. The third-order valence-electron chi connectivity index (χ3n) is 4.44. The van der Waals surface area contributed by atoms with Crippen LogP contribution in [0, 0.1) is 5.92 Å². The molecule has 4 nitrogen and oxygen atoms in total. The van der Waals surface area contributed by atoms with E-state index in [1.807, 2.05) is 50.2 Å². The Labute approximate surface area is 162 Å². The summed E-state index contributed by atoms with van der Waals surface area (Å²) in [5.74, 6) is -0.0464. The maximum absolute atomic E-state index is 12.2. The van der Waals surface area contributed by atoms with Gasteiger partial charge in [-0.15, -0.1) is 0 Å². The van der Waals surface area contributed by atoms with Crippen LogP contribution in [0.25, 0.3) is 0 Å². The molecule has 0 fully saturated rings. The monoisotopic (exact) mass is 366 g/mol. The van der Waals surface area contributed by atoms with Gasteiger partial charge in [-0.25, -0.2) is 0 Å². The molecule has 0 aliphatic carbocycles. The molecule has 0 saturated heterocycles. The Morgan fingerprint density at radius 3 is 2.07 bits per heavy atom. The lowest BCUT2D eigenvalue weighted by Crippen LogP contribution is -2.24. The second-order valence-corrected chi connectivity index (χ2v) is 7.21. The lowest BCUT2D eigenvalue weighted by Gasteiger charge is -2.09. The third kappa shape index (κ3) is 7.26. The Kier molecular flexibility index (Phi) is 8.05. The number of hydrogen-bond acceptors (Lipinski definition) is 2. The lowest BCUT2D eigenvalue weighted by atomic mass is 10.0. The summed E-state index contributed by atoms with van der Waals surface area (Å²) in [6, 6.07) is 15.9. The van der Waals surface area contributed by atoms with Crippen LogP contribution < -0.4 is 10.6 Å². The Balaban J connectivity index is 1.78. The molecule has 0 aliphatic rings. The van der Waals surface area contributed by atoms with Gasteiger partial charge in [0.2, 0.25) is 11.8 Å². The van der Waals surface area contributed by atoms with Crippen LogP contribution in [0.5, 0.6) is 0 Å². The van der Waals surface area contributed by atoms with E-state index in [1.165, 1.54) is 18.4 Å². The SMILES string of the molecule is CCCCc1ccc(CC(=O)NCc2ccc(NC(=O)C(C)C)cc2)cc1. The van der Waals surface area contributed by atoms with Crippen LogP contribution in [-0.4, -0.2) is 11.8 Å². The zero-order valence-corrected chi connectivity index (χ0v) is 16.5. The Morgan fingerprint density at radius 1 is 0.889 bits per heavy atom. The number of aryl methyl sites for hydroxylation is 1. The molecule has 0 atom stereocenters. The molecule has 0 spiro atoms. The van der Waals surface area contributed by atoms with Crippen LogP contribution in [0.15, 0.2) is 48.5 Å². The fourth-order valence-corrected chi connectivity index (χ4v) is 2.65. The number of amides is 2. The van der Waals surface area contributed by atoms with Crippen LogP contribution in [0.2, 0.25) is 0 Å². The summed E-state index contributed by atoms with van der Waals surface area (Å²) in [6.45, 7) is 6.38. The van der Waals surface area contributed by atoms with Crippen LogP contribution in [0.4, 0.5) is 5.69 Å². The van der Waals surface area contributed by atoms with Crippen LogP contribution in [0.1, 0.15) is 50.3 Å². The van der Waals surface area contributed by atoms with Crippen molar-refractivity contribution in [2.45, 2.75) is 53.0 Å². The second kappa shape index (κ2) is 10.5. The number of unbranched alkanes of at least 4 members (excludes halogenated alkanes) is 1. The molecular weight excluding hydrogens is 336 g/mol. The summed E-state index contributed by atoms with van der Waals surface area (Å²) in [4.78, 5) is 23.9. The van der Waals surface area contributed by atoms with Crippen molar-refractivity contribution in [1.82, 2.24) is 5.32 Å². The molecule has 144 valence electrons. The van der Waals surface area contributed by atoms with Crippen molar-refractivity contribution in [1.29, 1.82) is 0 Å². The van der Waals surface area contributed by atoms with Gasteiger partial charge in [-0.1, -0.05) is 63.6 Å². The van der Waals surface area contributed by atoms with E-state index < -0.39 is 0 Å². The summed E-state index contributed by atoms with van der Waals surface area (Å²) >= 11 is 0. The first-order valence-corrected chi connectivity index (χ1v) is 9.72. The van der Waals surface area contributed by atoms with Crippen LogP contribution >= 0.6 is 0 Å². The Bertz CT molecular complexity index is 734. The largest absolute Gasteiger partial charge is 0.352 e. The average molecular weight is 367 g/mol. The van der Waals surface area contributed by atoms with Gasteiger partial charge in [0.25, 0.3) is 0 Å². The van der Waals surface area contributed by atoms with Crippen molar-refractivity contribution in [3.63, 3.8) is 0 Å². The van der Waals surface area contributed by atoms with Gasteiger partial charge in [-0.3, -0.25) is 9.59 Å². The summed E-state index contributed by atoms with van der Waals surface area (Å²) in [6.07, 6.45) is 3.86. The van der Waals surface area contributed by atoms with Gasteiger partial charge in [0, 0.05) is 18.2 Å². The van der Waals surface area contributed by atoms with Crippen molar-refractivity contribution in [3.8, 4) is 0 Å². The first-order valence-electron chi connectivity index (χ1n) is 9.72. The lowest BCUT2D eigenvalue weighted by molar-refractivity contribution is -0.120. The van der Waals surface area contributed by atoms with Gasteiger partial charge in [-0.05, 0) is 41.7 Å². The van der Waals surface area contributed by atoms with E-state index in [9.17, 15) is 9.59 Å². The standard InChI is InChI=1S/C23H30N2O2/c1-4-5-6-18-7-9-19(10-8-18)15-22(26)24-16-20-11-13-21(14-12-20)25-23(27)17(2)3/h7-14,17H,4-6,15-16H2,1-3H3,(H,24,26)(H,25,27). The molecule has 0 radical (unpaired) electrons. The number of benzene rings is 2. The van der Waals surface area contributed by atoms with Gasteiger partial charge in [0.15, 0.2) is 0 Å². The number of carbonyl (C=O) groups excluding carboxylic acids is 2. The minimum absolute atomic E-state index is 0.00299.